The van der Waals surface area contributed by atoms with Crippen molar-refractivity contribution in [2.45, 2.75) is 38.5 Å². The van der Waals surface area contributed by atoms with Crippen LogP contribution in [-0.2, 0) is 4.74 Å². The molecule has 0 bridgehead atoms. The van der Waals surface area contributed by atoms with Gasteiger partial charge in [0, 0.05) is 17.9 Å². The molecule has 0 unspecified atom stereocenters. The van der Waals surface area contributed by atoms with Gasteiger partial charge in [0.2, 0.25) is 0 Å². The number of hydrogen-bond donors (Lipinski definition) is 0. The minimum Gasteiger partial charge on any atom is -0.384 e. The Balaban J connectivity index is 2.48. The van der Waals surface area contributed by atoms with Gasteiger partial charge in [0.1, 0.15) is 0 Å². The van der Waals surface area contributed by atoms with Crippen molar-refractivity contribution in [3.8, 4) is 0 Å². The van der Waals surface area contributed by atoms with E-state index in [1.807, 2.05) is 7.11 Å². The van der Waals surface area contributed by atoms with Crippen LogP contribution in [0.2, 0.25) is 0 Å². The average molecular weight is 235 g/mol. The highest BCUT2D eigenvalue weighted by atomic mass is 79.9. The Hall–Kier alpha value is 0.440. The van der Waals surface area contributed by atoms with Gasteiger partial charge in [-0.05, 0) is 12.8 Å². The van der Waals surface area contributed by atoms with Gasteiger partial charge >= 0.3 is 0 Å². The second-order valence-corrected chi connectivity index (χ2v) is 4.54. The molecule has 1 rings (SSSR count). The van der Waals surface area contributed by atoms with E-state index < -0.39 is 0 Å². The molecule has 2 heteroatoms. The van der Waals surface area contributed by atoms with E-state index in [-0.39, 0.29) is 0 Å². The molecule has 0 heterocycles. The lowest BCUT2D eigenvalue weighted by Crippen LogP contribution is -2.27. The maximum atomic E-state index is 5.30. The van der Waals surface area contributed by atoms with E-state index in [4.69, 9.17) is 4.74 Å². The van der Waals surface area contributed by atoms with Crippen LogP contribution in [0.4, 0.5) is 0 Å². The predicted molar refractivity (Wildman–Crippen MR) is 55.8 cm³/mol. The normalized spacial score (nSPS) is 23.5. The summed E-state index contributed by atoms with van der Waals surface area (Å²) >= 11 is 3.62. The lowest BCUT2D eigenvalue weighted by Gasteiger charge is -2.29. The second-order valence-electron chi connectivity index (χ2n) is 3.98. The third-order valence-electron chi connectivity index (χ3n) is 2.90. The Morgan fingerprint density at radius 1 is 1.17 bits per heavy atom. The fraction of sp³-hybridized carbons (Fsp3) is 1.00. The lowest BCUT2D eigenvalue weighted by molar-refractivity contribution is 0.0847. The molecule has 0 aromatic rings. The fourth-order valence-corrected chi connectivity index (χ4v) is 2.82. The van der Waals surface area contributed by atoms with E-state index in [9.17, 15) is 0 Å². The molecule has 72 valence electrons. The van der Waals surface area contributed by atoms with Crippen molar-refractivity contribution in [2.75, 3.05) is 19.0 Å². The van der Waals surface area contributed by atoms with Gasteiger partial charge in [0.05, 0.1) is 6.61 Å². The summed E-state index contributed by atoms with van der Waals surface area (Å²) in [5.41, 5.74) is 0.450. The molecule has 12 heavy (non-hydrogen) atoms. The molecule has 0 aromatic carbocycles. The van der Waals surface area contributed by atoms with Gasteiger partial charge in [-0.25, -0.2) is 0 Å². The van der Waals surface area contributed by atoms with Crippen LogP contribution in [0, 0.1) is 5.41 Å². The molecule has 1 nitrogen and oxygen atoms in total. The molecule has 0 aliphatic heterocycles. The molecule has 0 N–H and O–H groups in total. The molecule has 0 atom stereocenters. The highest BCUT2D eigenvalue weighted by Gasteiger charge is 2.29. The largest absolute Gasteiger partial charge is 0.384 e. The molecule has 0 aromatic heterocycles. The minimum absolute atomic E-state index is 0.450. The number of halogens is 1. The summed E-state index contributed by atoms with van der Waals surface area (Å²) in [6.45, 7) is 0.929. The number of ether oxygens (including phenoxy) is 1. The van der Waals surface area contributed by atoms with Crippen LogP contribution in [0.25, 0.3) is 0 Å². The maximum Gasteiger partial charge on any atom is 0.0526 e. The Morgan fingerprint density at radius 3 is 2.17 bits per heavy atom. The summed E-state index contributed by atoms with van der Waals surface area (Å²) < 4.78 is 5.30. The average Bonchev–Trinajstić information content (AvgIpc) is 2.32. The summed E-state index contributed by atoms with van der Waals surface area (Å²) in [4.78, 5) is 0. The van der Waals surface area contributed by atoms with Crippen molar-refractivity contribution >= 4 is 15.9 Å². The molecule has 0 radical (unpaired) electrons. The first kappa shape index (κ1) is 10.5. The van der Waals surface area contributed by atoms with E-state index in [1.54, 1.807) is 0 Å². The van der Waals surface area contributed by atoms with Crippen molar-refractivity contribution < 1.29 is 4.74 Å². The van der Waals surface area contributed by atoms with Gasteiger partial charge in [-0.1, -0.05) is 41.6 Å². The zero-order valence-electron chi connectivity index (χ0n) is 7.94. The highest BCUT2D eigenvalue weighted by Crippen LogP contribution is 2.36. The zero-order chi connectivity index (χ0) is 8.86. The molecule has 0 spiro atoms. The molecule has 1 aliphatic rings. The summed E-state index contributed by atoms with van der Waals surface area (Å²) in [7, 11) is 1.81. The van der Waals surface area contributed by atoms with Gasteiger partial charge in [-0.15, -0.1) is 0 Å². The summed E-state index contributed by atoms with van der Waals surface area (Å²) in [5, 5.41) is 1.10. The lowest BCUT2D eigenvalue weighted by atomic mass is 9.83. The predicted octanol–water partition coefficient (Wildman–Crippen LogP) is 3.37. The Bertz CT molecular complexity index is 117. The maximum absolute atomic E-state index is 5.30. The topological polar surface area (TPSA) is 9.23 Å². The van der Waals surface area contributed by atoms with E-state index in [1.165, 1.54) is 38.5 Å². The Labute approximate surface area is 84.0 Å². The molecule has 0 amide bonds. The molecule has 1 saturated carbocycles. The molecule has 0 saturated heterocycles. The third-order valence-corrected chi connectivity index (χ3v) is 4.09. The molecule has 1 aliphatic carbocycles. The van der Waals surface area contributed by atoms with Crippen LogP contribution in [0.15, 0.2) is 0 Å². The smallest absolute Gasteiger partial charge is 0.0526 e. The second kappa shape index (κ2) is 5.23. The van der Waals surface area contributed by atoms with Crippen LogP contribution in [0.1, 0.15) is 38.5 Å². The zero-order valence-corrected chi connectivity index (χ0v) is 9.53. The SMILES string of the molecule is COCC1(CBr)CCCCCC1. The van der Waals surface area contributed by atoms with Crippen LogP contribution in [-0.4, -0.2) is 19.0 Å². The Kier molecular flexibility index (Phi) is 4.59. The summed E-state index contributed by atoms with van der Waals surface area (Å²) in [6.07, 6.45) is 8.28. The van der Waals surface area contributed by atoms with Gasteiger partial charge in [-0.3, -0.25) is 0 Å². The minimum atomic E-state index is 0.450. The Morgan fingerprint density at radius 2 is 1.75 bits per heavy atom. The van der Waals surface area contributed by atoms with E-state index in [0.717, 1.165) is 11.9 Å². The van der Waals surface area contributed by atoms with Crippen molar-refractivity contribution in [1.82, 2.24) is 0 Å². The monoisotopic (exact) mass is 234 g/mol. The van der Waals surface area contributed by atoms with Gasteiger partial charge in [0.15, 0.2) is 0 Å². The quantitative estimate of drug-likeness (QED) is 0.538. The standard InChI is InChI=1S/C10H19BrO/c1-12-9-10(8-11)6-4-2-3-5-7-10/h2-9H2,1H3. The van der Waals surface area contributed by atoms with Crippen molar-refractivity contribution in [3.63, 3.8) is 0 Å². The number of alkyl halides is 1. The van der Waals surface area contributed by atoms with Crippen molar-refractivity contribution in [1.29, 1.82) is 0 Å². The van der Waals surface area contributed by atoms with Crippen LogP contribution < -0.4 is 0 Å². The first-order valence-corrected chi connectivity index (χ1v) is 6.00. The third kappa shape index (κ3) is 2.74. The van der Waals surface area contributed by atoms with Gasteiger partial charge < -0.3 is 4.74 Å². The molecular formula is C10H19BrO. The number of methoxy groups -OCH3 is 1. The van der Waals surface area contributed by atoms with Crippen molar-refractivity contribution in [3.05, 3.63) is 0 Å². The molecule has 1 fully saturated rings. The van der Waals surface area contributed by atoms with E-state index >= 15 is 0 Å². The number of hydrogen-bond acceptors (Lipinski definition) is 1. The van der Waals surface area contributed by atoms with E-state index in [0.29, 0.717) is 5.41 Å². The first-order chi connectivity index (χ1) is 5.83. The fourth-order valence-electron chi connectivity index (χ4n) is 2.10. The highest BCUT2D eigenvalue weighted by molar-refractivity contribution is 9.09. The number of rotatable bonds is 3. The van der Waals surface area contributed by atoms with E-state index in [2.05, 4.69) is 15.9 Å². The van der Waals surface area contributed by atoms with Crippen LogP contribution in [0.5, 0.6) is 0 Å². The summed E-state index contributed by atoms with van der Waals surface area (Å²) in [5.74, 6) is 0. The van der Waals surface area contributed by atoms with Crippen molar-refractivity contribution in [2.24, 2.45) is 5.41 Å². The van der Waals surface area contributed by atoms with Crippen LogP contribution in [0.3, 0.4) is 0 Å². The van der Waals surface area contributed by atoms with Gasteiger partial charge in [0.25, 0.3) is 0 Å². The van der Waals surface area contributed by atoms with Gasteiger partial charge in [-0.2, -0.15) is 0 Å². The summed E-state index contributed by atoms with van der Waals surface area (Å²) in [6, 6.07) is 0. The van der Waals surface area contributed by atoms with Crippen LogP contribution >= 0.6 is 15.9 Å². The first-order valence-electron chi connectivity index (χ1n) is 4.88. The molecular weight excluding hydrogens is 216 g/mol.